The van der Waals surface area contributed by atoms with Crippen molar-refractivity contribution in [2.24, 2.45) is 5.92 Å². The number of hydrogen-bond donors (Lipinski definition) is 2. The Morgan fingerprint density at radius 2 is 1.48 bits per heavy atom. The molecule has 0 aliphatic carbocycles. The van der Waals surface area contributed by atoms with Gasteiger partial charge in [0.1, 0.15) is 0 Å². The van der Waals surface area contributed by atoms with Crippen LogP contribution >= 0.6 is 0 Å². The maximum absolute atomic E-state index is 12.5. The molecule has 0 saturated carbocycles. The van der Waals surface area contributed by atoms with Gasteiger partial charge in [-0.25, -0.2) is 0 Å². The van der Waals surface area contributed by atoms with E-state index in [0.717, 1.165) is 5.56 Å². The Labute approximate surface area is 117 Å². The van der Waals surface area contributed by atoms with E-state index in [-0.39, 0.29) is 13.0 Å². The SMILES string of the molecule is OCC(NCCc1ccccc1)C(C(F)(F)F)C(F)(F)F. The monoisotopic (exact) mass is 315 g/mol. The summed E-state index contributed by atoms with van der Waals surface area (Å²) in [5, 5.41) is 11.0. The van der Waals surface area contributed by atoms with Crippen LogP contribution in [0.25, 0.3) is 0 Å². The summed E-state index contributed by atoms with van der Waals surface area (Å²) in [6.07, 6.45) is -10.7. The number of aliphatic hydroxyl groups excluding tert-OH is 1. The van der Waals surface area contributed by atoms with Crippen molar-refractivity contribution in [3.63, 3.8) is 0 Å². The van der Waals surface area contributed by atoms with Crippen molar-refractivity contribution in [2.45, 2.75) is 24.8 Å². The fraction of sp³-hybridized carbons (Fsp3) is 0.538. The molecular formula is C13H15F6NO. The van der Waals surface area contributed by atoms with Crippen molar-refractivity contribution >= 4 is 0 Å². The second kappa shape index (κ2) is 7.13. The summed E-state index contributed by atoms with van der Waals surface area (Å²) in [6.45, 7) is -1.35. The Morgan fingerprint density at radius 3 is 1.90 bits per heavy atom. The topological polar surface area (TPSA) is 32.3 Å². The molecule has 8 heteroatoms. The van der Waals surface area contributed by atoms with E-state index in [1.165, 1.54) is 0 Å². The van der Waals surface area contributed by atoms with Gasteiger partial charge in [-0.05, 0) is 18.5 Å². The van der Waals surface area contributed by atoms with E-state index in [9.17, 15) is 26.3 Å². The van der Waals surface area contributed by atoms with Gasteiger partial charge in [-0.3, -0.25) is 0 Å². The lowest BCUT2D eigenvalue weighted by Crippen LogP contribution is -2.53. The summed E-state index contributed by atoms with van der Waals surface area (Å²) in [4.78, 5) is 0. The van der Waals surface area contributed by atoms with Crippen molar-refractivity contribution in [3.05, 3.63) is 35.9 Å². The number of benzene rings is 1. The summed E-state index contributed by atoms with van der Waals surface area (Å²) >= 11 is 0. The standard InChI is InChI=1S/C13H15F6NO/c14-12(15,16)11(13(17,18)19)10(8-21)20-7-6-9-4-2-1-3-5-9/h1-5,10-11,20-21H,6-8H2. The minimum absolute atomic E-state index is 0.0993. The van der Waals surface area contributed by atoms with Gasteiger partial charge in [0.05, 0.1) is 12.6 Å². The molecule has 0 saturated heterocycles. The van der Waals surface area contributed by atoms with Crippen LogP contribution in [0.5, 0.6) is 0 Å². The van der Waals surface area contributed by atoms with E-state index < -0.39 is 30.9 Å². The van der Waals surface area contributed by atoms with Gasteiger partial charge in [0.25, 0.3) is 0 Å². The Hall–Kier alpha value is -1.28. The van der Waals surface area contributed by atoms with E-state index in [4.69, 9.17) is 5.11 Å². The highest BCUT2D eigenvalue weighted by Gasteiger charge is 2.59. The lowest BCUT2D eigenvalue weighted by atomic mass is 9.98. The molecular weight excluding hydrogens is 300 g/mol. The number of alkyl halides is 6. The molecule has 0 heterocycles. The molecule has 1 atom stereocenters. The molecule has 0 aliphatic rings. The summed E-state index contributed by atoms with van der Waals surface area (Å²) < 4.78 is 75.2. The third kappa shape index (κ3) is 5.55. The first-order valence-corrected chi connectivity index (χ1v) is 6.18. The minimum Gasteiger partial charge on any atom is -0.395 e. The number of halogens is 6. The Kier molecular flexibility index (Phi) is 6.03. The largest absolute Gasteiger partial charge is 0.402 e. The molecule has 0 spiro atoms. The smallest absolute Gasteiger partial charge is 0.395 e. The van der Waals surface area contributed by atoms with Crippen molar-refractivity contribution in [3.8, 4) is 0 Å². The first-order chi connectivity index (χ1) is 9.66. The van der Waals surface area contributed by atoms with Gasteiger partial charge >= 0.3 is 12.4 Å². The van der Waals surface area contributed by atoms with Crippen molar-refractivity contribution < 1.29 is 31.4 Å². The van der Waals surface area contributed by atoms with Gasteiger partial charge in [0, 0.05) is 0 Å². The number of aliphatic hydroxyl groups is 1. The molecule has 1 aromatic rings. The van der Waals surface area contributed by atoms with E-state index in [2.05, 4.69) is 5.32 Å². The van der Waals surface area contributed by atoms with Crippen LogP contribution < -0.4 is 5.32 Å². The molecule has 0 radical (unpaired) electrons. The molecule has 1 rings (SSSR count). The second-order valence-electron chi connectivity index (χ2n) is 4.54. The van der Waals surface area contributed by atoms with Gasteiger partial charge in [-0.2, -0.15) is 26.3 Å². The van der Waals surface area contributed by atoms with E-state index in [0.29, 0.717) is 0 Å². The fourth-order valence-electron chi connectivity index (χ4n) is 1.98. The van der Waals surface area contributed by atoms with Gasteiger partial charge in [-0.1, -0.05) is 30.3 Å². The molecule has 21 heavy (non-hydrogen) atoms. The third-order valence-corrected chi connectivity index (χ3v) is 2.97. The molecule has 1 unspecified atom stereocenters. The molecule has 0 aliphatic heterocycles. The van der Waals surface area contributed by atoms with Crippen molar-refractivity contribution in [1.82, 2.24) is 5.32 Å². The second-order valence-corrected chi connectivity index (χ2v) is 4.54. The number of rotatable bonds is 6. The lowest BCUT2D eigenvalue weighted by molar-refractivity contribution is -0.293. The zero-order valence-electron chi connectivity index (χ0n) is 10.9. The van der Waals surface area contributed by atoms with Gasteiger partial charge in [0.2, 0.25) is 0 Å². The molecule has 120 valence electrons. The number of nitrogens with one attached hydrogen (secondary N) is 1. The van der Waals surface area contributed by atoms with E-state index >= 15 is 0 Å². The highest BCUT2D eigenvalue weighted by molar-refractivity contribution is 5.14. The maximum atomic E-state index is 12.5. The first kappa shape index (κ1) is 17.8. The third-order valence-electron chi connectivity index (χ3n) is 2.97. The lowest BCUT2D eigenvalue weighted by Gasteiger charge is -2.30. The van der Waals surface area contributed by atoms with Crippen LogP contribution in [-0.2, 0) is 6.42 Å². The summed E-state index contributed by atoms with van der Waals surface area (Å²) in [7, 11) is 0. The maximum Gasteiger partial charge on any atom is 0.402 e. The average Bonchev–Trinajstić information content (AvgIpc) is 2.35. The summed E-state index contributed by atoms with van der Waals surface area (Å²) in [5.41, 5.74) is 0.775. The zero-order chi connectivity index (χ0) is 16.1. The van der Waals surface area contributed by atoms with Crippen LogP contribution in [-0.4, -0.2) is 36.7 Å². The summed E-state index contributed by atoms with van der Waals surface area (Å²) in [6, 6.07) is 6.48. The Balaban J connectivity index is 2.68. The summed E-state index contributed by atoms with van der Waals surface area (Å²) in [5.74, 6) is -3.59. The van der Waals surface area contributed by atoms with Gasteiger partial charge in [0.15, 0.2) is 5.92 Å². The predicted molar refractivity (Wildman–Crippen MR) is 64.6 cm³/mol. The van der Waals surface area contributed by atoms with Crippen molar-refractivity contribution in [1.29, 1.82) is 0 Å². The molecule has 2 nitrogen and oxygen atoms in total. The van der Waals surface area contributed by atoms with E-state index in [1.807, 2.05) is 0 Å². The van der Waals surface area contributed by atoms with Crippen LogP contribution in [0.3, 0.4) is 0 Å². The molecule has 2 N–H and O–H groups in total. The highest BCUT2D eigenvalue weighted by atomic mass is 19.4. The van der Waals surface area contributed by atoms with Gasteiger partial charge < -0.3 is 10.4 Å². The van der Waals surface area contributed by atoms with Crippen LogP contribution in [0.1, 0.15) is 5.56 Å². The van der Waals surface area contributed by atoms with Crippen LogP contribution in [0, 0.1) is 5.92 Å². The molecule has 0 aromatic heterocycles. The predicted octanol–water partition coefficient (Wildman–Crippen LogP) is 2.92. The van der Waals surface area contributed by atoms with Crippen molar-refractivity contribution in [2.75, 3.05) is 13.2 Å². The molecule has 0 bridgehead atoms. The highest BCUT2D eigenvalue weighted by Crippen LogP contribution is 2.41. The fourth-order valence-corrected chi connectivity index (χ4v) is 1.98. The number of hydrogen-bond acceptors (Lipinski definition) is 2. The van der Waals surface area contributed by atoms with Crippen LogP contribution in [0.4, 0.5) is 26.3 Å². The Morgan fingerprint density at radius 1 is 0.952 bits per heavy atom. The van der Waals surface area contributed by atoms with Crippen LogP contribution in [0.15, 0.2) is 30.3 Å². The van der Waals surface area contributed by atoms with E-state index in [1.54, 1.807) is 30.3 Å². The molecule has 0 fully saturated rings. The zero-order valence-corrected chi connectivity index (χ0v) is 10.9. The normalized spacial score (nSPS) is 14.5. The van der Waals surface area contributed by atoms with Crippen LogP contribution in [0.2, 0.25) is 0 Å². The molecule has 0 amide bonds. The Bertz CT molecular complexity index is 403. The quantitative estimate of drug-likeness (QED) is 0.791. The molecule has 1 aromatic carbocycles. The average molecular weight is 315 g/mol. The first-order valence-electron chi connectivity index (χ1n) is 6.18. The van der Waals surface area contributed by atoms with Gasteiger partial charge in [-0.15, -0.1) is 0 Å². The minimum atomic E-state index is -5.47.